The molecule has 0 fully saturated rings. The Morgan fingerprint density at radius 1 is 1.53 bits per heavy atom. The van der Waals surface area contributed by atoms with E-state index in [1.165, 1.54) is 6.20 Å². The summed E-state index contributed by atoms with van der Waals surface area (Å²) in [6.07, 6.45) is 3.12. The minimum atomic E-state index is -0.0428. The van der Waals surface area contributed by atoms with E-state index in [9.17, 15) is 4.79 Å². The number of aromatic amines is 1. The SMILES string of the molecule is CN(Cc1cccc(Br)c1)C(=O)c1cn[nH]c1. The molecular formula is C12H12BrN3O. The van der Waals surface area contributed by atoms with Gasteiger partial charge < -0.3 is 4.90 Å². The molecule has 0 saturated heterocycles. The number of amides is 1. The zero-order valence-electron chi connectivity index (χ0n) is 9.35. The third-order valence-corrected chi connectivity index (χ3v) is 2.89. The molecule has 17 heavy (non-hydrogen) atoms. The predicted molar refractivity (Wildman–Crippen MR) is 68.5 cm³/mol. The Morgan fingerprint density at radius 2 is 2.35 bits per heavy atom. The number of rotatable bonds is 3. The van der Waals surface area contributed by atoms with Crippen LogP contribution in [-0.4, -0.2) is 28.1 Å². The Hall–Kier alpha value is -1.62. The van der Waals surface area contributed by atoms with Crippen LogP contribution < -0.4 is 0 Å². The number of H-pyrrole nitrogens is 1. The van der Waals surface area contributed by atoms with Crippen molar-refractivity contribution >= 4 is 21.8 Å². The van der Waals surface area contributed by atoms with E-state index in [0.717, 1.165) is 10.0 Å². The van der Waals surface area contributed by atoms with Crippen molar-refractivity contribution in [1.82, 2.24) is 15.1 Å². The maximum atomic E-state index is 11.9. The van der Waals surface area contributed by atoms with Crippen molar-refractivity contribution < 1.29 is 4.79 Å². The van der Waals surface area contributed by atoms with Gasteiger partial charge in [-0.2, -0.15) is 5.10 Å². The quantitative estimate of drug-likeness (QED) is 0.945. The van der Waals surface area contributed by atoms with E-state index < -0.39 is 0 Å². The summed E-state index contributed by atoms with van der Waals surface area (Å²) >= 11 is 3.41. The number of benzene rings is 1. The first kappa shape index (κ1) is 11.9. The Bertz CT molecular complexity index is 510. The van der Waals surface area contributed by atoms with Gasteiger partial charge in [-0.1, -0.05) is 28.1 Å². The summed E-state index contributed by atoms with van der Waals surface area (Å²) < 4.78 is 1.01. The molecule has 0 bridgehead atoms. The number of aromatic nitrogens is 2. The van der Waals surface area contributed by atoms with Crippen molar-refractivity contribution in [2.24, 2.45) is 0 Å². The second-order valence-corrected chi connectivity index (χ2v) is 4.69. The lowest BCUT2D eigenvalue weighted by Gasteiger charge is -2.16. The number of carbonyl (C=O) groups is 1. The minimum Gasteiger partial charge on any atom is -0.337 e. The van der Waals surface area contributed by atoms with Gasteiger partial charge in [0, 0.05) is 24.3 Å². The third-order valence-electron chi connectivity index (χ3n) is 2.40. The molecule has 0 atom stereocenters. The fourth-order valence-corrected chi connectivity index (χ4v) is 2.02. The number of nitrogens with zero attached hydrogens (tertiary/aromatic N) is 2. The number of halogens is 1. The molecular weight excluding hydrogens is 282 g/mol. The molecule has 0 saturated carbocycles. The van der Waals surface area contributed by atoms with Crippen molar-refractivity contribution in [3.05, 3.63) is 52.3 Å². The maximum Gasteiger partial charge on any atom is 0.257 e. The van der Waals surface area contributed by atoms with Gasteiger partial charge in [0.15, 0.2) is 0 Å². The zero-order chi connectivity index (χ0) is 12.3. The largest absolute Gasteiger partial charge is 0.337 e. The van der Waals surface area contributed by atoms with Gasteiger partial charge in [0.2, 0.25) is 0 Å². The van der Waals surface area contributed by atoms with Gasteiger partial charge in [-0.3, -0.25) is 9.89 Å². The molecule has 1 N–H and O–H groups in total. The van der Waals surface area contributed by atoms with E-state index in [1.807, 2.05) is 24.3 Å². The highest BCUT2D eigenvalue weighted by Crippen LogP contribution is 2.13. The summed E-state index contributed by atoms with van der Waals surface area (Å²) in [5.41, 5.74) is 1.65. The lowest BCUT2D eigenvalue weighted by Crippen LogP contribution is -2.25. The van der Waals surface area contributed by atoms with Crippen LogP contribution in [0.2, 0.25) is 0 Å². The van der Waals surface area contributed by atoms with Crippen LogP contribution in [0.3, 0.4) is 0 Å². The number of nitrogens with one attached hydrogen (secondary N) is 1. The molecule has 0 radical (unpaired) electrons. The Kier molecular flexibility index (Phi) is 3.58. The summed E-state index contributed by atoms with van der Waals surface area (Å²) in [6, 6.07) is 7.90. The first-order chi connectivity index (χ1) is 8.16. The summed E-state index contributed by atoms with van der Waals surface area (Å²) in [5.74, 6) is -0.0428. The second kappa shape index (κ2) is 5.14. The molecule has 2 aromatic rings. The van der Waals surface area contributed by atoms with Gasteiger partial charge in [-0.05, 0) is 17.7 Å². The minimum absolute atomic E-state index is 0.0428. The van der Waals surface area contributed by atoms with Crippen molar-refractivity contribution in [2.75, 3.05) is 7.05 Å². The van der Waals surface area contributed by atoms with Gasteiger partial charge in [0.1, 0.15) is 0 Å². The molecule has 88 valence electrons. The molecule has 2 rings (SSSR count). The topological polar surface area (TPSA) is 49.0 Å². The highest BCUT2D eigenvalue weighted by molar-refractivity contribution is 9.10. The van der Waals surface area contributed by atoms with Crippen LogP contribution in [-0.2, 0) is 6.54 Å². The molecule has 0 aliphatic rings. The van der Waals surface area contributed by atoms with Crippen LogP contribution in [0.1, 0.15) is 15.9 Å². The highest BCUT2D eigenvalue weighted by atomic mass is 79.9. The molecule has 1 aromatic carbocycles. The maximum absolute atomic E-state index is 11.9. The van der Waals surface area contributed by atoms with Gasteiger partial charge >= 0.3 is 0 Å². The van der Waals surface area contributed by atoms with Crippen LogP contribution >= 0.6 is 15.9 Å². The van der Waals surface area contributed by atoms with E-state index in [4.69, 9.17) is 0 Å². The average Bonchev–Trinajstić information content (AvgIpc) is 2.81. The van der Waals surface area contributed by atoms with Crippen LogP contribution in [0.25, 0.3) is 0 Å². The van der Waals surface area contributed by atoms with E-state index in [0.29, 0.717) is 12.1 Å². The van der Waals surface area contributed by atoms with Crippen LogP contribution in [0.4, 0.5) is 0 Å². The van der Waals surface area contributed by atoms with Crippen LogP contribution in [0, 0.1) is 0 Å². The van der Waals surface area contributed by atoms with Crippen molar-refractivity contribution in [2.45, 2.75) is 6.54 Å². The number of hydrogen-bond acceptors (Lipinski definition) is 2. The smallest absolute Gasteiger partial charge is 0.257 e. The van der Waals surface area contributed by atoms with Crippen LogP contribution in [0.5, 0.6) is 0 Å². The molecule has 0 aliphatic carbocycles. The lowest BCUT2D eigenvalue weighted by molar-refractivity contribution is 0.0785. The fraction of sp³-hybridized carbons (Fsp3) is 0.167. The van der Waals surface area contributed by atoms with Gasteiger partial charge in [-0.15, -0.1) is 0 Å². The Balaban J connectivity index is 2.07. The number of hydrogen-bond donors (Lipinski definition) is 1. The first-order valence-electron chi connectivity index (χ1n) is 5.15. The fourth-order valence-electron chi connectivity index (χ4n) is 1.57. The van der Waals surface area contributed by atoms with Gasteiger partial charge in [0.25, 0.3) is 5.91 Å². The van der Waals surface area contributed by atoms with Crippen molar-refractivity contribution in [3.8, 4) is 0 Å². The monoisotopic (exact) mass is 293 g/mol. The van der Waals surface area contributed by atoms with Crippen LogP contribution in [0.15, 0.2) is 41.1 Å². The van der Waals surface area contributed by atoms with Crippen molar-refractivity contribution in [3.63, 3.8) is 0 Å². The molecule has 1 aromatic heterocycles. The average molecular weight is 294 g/mol. The highest BCUT2D eigenvalue weighted by Gasteiger charge is 2.12. The lowest BCUT2D eigenvalue weighted by atomic mass is 10.2. The molecule has 0 aliphatic heterocycles. The number of carbonyl (C=O) groups excluding carboxylic acids is 1. The summed E-state index contributed by atoms with van der Waals surface area (Å²) in [7, 11) is 1.77. The van der Waals surface area contributed by atoms with E-state index in [-0.39, 0.29) is 5.91 Å². The first-order valence-corrected chi connectivity index (χ1v) is 5.95. The molecule has 1 amide bonds. The molecule has 1 heterocycles. The van der Waals surface area contributed by atoms with Gasteiger partial charge in [0.05, 0.1) is 11.8 Å². The normalized spacial score (nSPS) is 10.2. The van der Waals surface area contributed by atoms with Gasteiger partial charge in [-0.25, -0.2) is 0 Å². The summed E-state index contributed by atoms with van der Waals surface area (Å²) in [5, 5.41) is 6.40. The predicted octanol–water partition coefficient (Wildman–Crippen LogP) is 2.44. The van der Waals surface area contributed by atoms with E-state index in [1.54, 1.807) is 18.1 Å². The summed E-state index contributed by atoms with van der Waals surface area (Å²) in [6.45, 7) is 0.573. The zero-order valence-corrected chi connectivity index (χ0v) is 10.9. The standard InChI is InChI=1S/C12H12BrN3O/c1-16(12(17)10-6-14-15-7-10)8-9-3-2-4-11(13)5-9/h2-7H,8H2,1H3,(H,14,15). The Labute approximate surface area is 108 Å². The Morgan fingerprint density at radius 3 is 3.00 bits per heavy atom. The molecule has 5 heteroatoms. The molecule has 0 spiro atoms. The molecule has 4 nitrogen and oxygen atoms in total. The van der Waals surface area contributed by atoms with Crippen molar-refractivity contribution in [1.29, 1.82) is 0 Å². The third kappa shape index (κ3) is 2.94. The summed E-state index contributed by atoms with van der Waals surface area (Å²) in [4.78, 5) is 13.6. The molecule has 0 unspecified atom stereocenters. The second-order valence-electron chi connectivity index (χ2n) is 3.78. The van der Waals surface area contributed by atoms with E-state index in [2.05, 4.69) is 26.1 Å². The van der Waals surface area contributed by atoms with E-state index >= 15 is 0 Å².